The van der Waals surface area contributed by atoms with E-state index in [-0.39, 0.29) is 6.03 Å². The van der Waals surface area contributed by atoms with Crippen LogP contribution < -0.4 is 16.0 Å². The van der Waals surface area contributed by atoms with Crippen molar-refractivity contribution in [2.45, 2.75) is 39.7 Å². The summed E-state index contributed by atoms with van der Waals surface area (Å²) in [7, 11) is 0. The fraction of sp³-hybridized carbons (Fsp3) is 0.818. The number of carbonyl (C=O) groups excluding carboxylic acids is 2. The number of ether oxygens (including phenoxy) is 1. The molecule has 0 saturated carbocycles. The van der Waals surface area contributed by atoms with Crippen molar-refractivity contribution in [2.24, 2.45) is 0 Å². The third-order valence-electron chi connectivity index (χ3n) is 1.61. The van der Waals surface area contributed by atoms with Gasteiger partial charge in [-0.1, -0.05) is 6.92 Å². The number of hydrogen-bond acceptors (Lipinski definition) is 3. The van der Waals surface area contributed by atoms with Gasteiger partial charge in [0.1, 0.15) is 5.60 Å². The molecule has 0 heterocycles. The highest BCUT2D eigenvalue weighted by Crippen LogP contribution is 2.05. The molecular weight excluding hydrogens is 222 g/mol. The highest BCUT2D eigenvalue weighted by Gasteiger charge is 2.15. The molecule has 0 bridgehead atoms. The van der Waals surface area contributed by atoms with Crippen LogP contribution >= 0.6 is 0 Å². The van der Waals surface area contributed by atoms with Gasteiger partial charge in [0.2, 0.25) is 0 Å². The van der Waals surface area contributed by atoms with Crippen molar-refractivity contribution in [3.63, 3.8) is 0 Å². The number of urea groups is 1. The molecule has 0 aromatic carbocycles. The van der Waals surface area contributed by atoms with Gasteiger partial charge in [-0.05, 0) is 27.2 Å². The Hall–Kier alpha value is -1.46. The lowest BCUT2D eigenvalue weighted by Crippen LogP contribution is -2.41. The van der Waals surface area contributed by atoms with Crippen LogP contribution in [0.5, 0.6) is 0 Å². The summed E-state index contributed by atoms with van der Waals surface area (Å²) in [6.45, 7) is 8.72. The van der Waals surface area contributed by atoms with Crippen LogP contribution in [0.3, 0.4) is 0 Å². The normalized spacial score (nSPS) is 10.6. The Labute approximate surface area is 102 Å². The molecule has 6 nitrogen and oxygen atoms in total. The zero-order chi connectivity index (χ0) is 13.3. The smallest absolute Gasteiger partial charge is 0.407 e. The number of hydrogen-bond donors (Lipinski definition) is 3. The van der Waals surface area contributed by atoms with E-state index in [0.717, 1.165) is 6.42 Å². The molecule has 0 aromatic rings. The molecule has 3 amide bonds. The van der Waals surface area contributed by atoms with Crippen LogP contribution in [0.2, 0.25) is 0 Å². The maximum atomic E-state index is 11.2. The van der Waals surface area contributed by atoms with E-state index < -0.39 is 11.7 Å². The number of amides is 3. The van der Waals surface area contributed by atoms with Crippen molar-refractivity contribution in [1.29, 1.82) is 0 Å². The van der Waals surface area contributed by atoms with Gasteiger partial charge in [-0.25, -0.2) is 9.59 Å². The van der Waals surface area contributed by atoms with Gasteiger partial charge in [0.15, 0.2) is 0 Å². The lowest BCUT2D eigenvalue weighted by atomic mass is 10.2. The summed E-state index contributed by atoms with van der Waals surface area (Å²) in [4.78, 5) is 22.3. The Morgan fingerprint density at radius 1 is 1.00 bits per heavy atom. The Balaban J connectivity index is 3.51. The zero-order valence-electron chi connectivity index (χ0n) is 11.1. The van der Waals surface area contributed by atoms with Gasteiger partial charge >= 0.3 is 12.1 Å². The molecule has 6 heteroatoms. The molecule has 0 spiro atoms. The predicted octanol–water partition coefficient (Wildman–Crippen LogP) is 1.22. The molecule has 0 radical (unpaired) electrons. The molecule has 0 fully saturated rings. The van der Waals surface area contributed by atoms with E-state index in [4.69, 9.17) is 4.74 Å². The Morgan fingerprint density at radius 2 is 1.53 bits per heavy atom. The minimum atomic E-state index is -0.504. The highest BCUT2D eigenvalue weighted by atomic mass is 16.6. The molecule has 0 saturated heterocycles. The fourth-order valence-corrected chi connectivity index (χ4v) is 0.956. The summed E-state index contributed by atoms with van der Waals surface area (Å²) < 4.78 is 5.03. The fourth-order valence-electron chi connectivity index (χ4n) is 0.956. The largest absolute Gasteiger partial charge is 0.444 e. The molecule has 0 unspecified atom stereocenters. The van der Waals surface area contributed by atoms with Crippen molar-refractivity contribution < 1.29 is 14.3 Å². The van der Waals surface area contributed by atoms with E-state index in [1.807, 2.05) is 6.92 Å². The first kappa shape index (κ1) is 15.5. The molecule has 0 atom stereocenters. The number of alkyl carbamates (subject to hydrolysis) is 1. The molecule has 0 aliphatic rings. The molecule has 17 heavy (non-hydrogen) atoms. The van der Waals surface area contributed by atoms with Gasteiger partial charge in [0, 0.05) is 19.6 Å². The minimum Gasteiger partial charge on any atom is -0.444 e. The van der Waals surface area contributed by atoms with Crippen molar-refractivity contribution in [2.75, 3.05) is 19.6 Å². The second kappa shape index (κ2) is 7.76. The summed E-state index contributed by atoms with van der Waals surface area (Å²) in [5, 5.41) is 7.83. The van der Waals surface area contributed by atoms with E-state index in [0.29, 0.717) is 19.6 Å². The van der Waals surface area contributed by atoms with E-state index >= 15 is 0 Å². The molecular formula is C11H23N3O3. The van der Waals surface area contributed by atoms with E-state index in [9.17, 15) is 9.59 Å². The average molecular weight is 245 g/mol. The van der Waals surface area contributed by atoms with Crippen LogP contribution in [0.4, 0.5) is 9.59 Å². The predicted molar refractivity (Wildman–Crippen MR) is 65.9 cm³/mol. The van der Waals surface area contributed by atoms with Gasteiger partial charge in [0.05, 0.1) is 0 Å². The Bertz CT molecular complexity index is 249. The van der Waals surface area contributed by atoms with Crippen LogP contribution in [-0.2, 0) is 4.74 Å². The van der Waals surface area contributed by atoms with Crippen molar-refractivity contribution >= 4 is 12.1 Å². The molecule has 100 valence electrons. The first-order valence-electron chi connectivity index (χ1n) is 5.83. The monoisotopic (exact) mass is 245 g/mol. The molecule has 0 rings (SSSR count). The summed E-state index contributed by atoms with van der Waals surface area (Å²) in [6.07, 6.45) is 0.414. The molecule has 3 N–H and O–H groups in total. The zero-order valence-corrected chi connectivity index (χ0v) is 11.1. The number of nitrogens with one attached hydrogen (secondary N) is 3. The van der Waals surface area contributed by atoms with Crippen LogP contribution in [0.25, 0.3) is 0 Å². The molecule has 0 aliphatic heterocycles. The van der Waals surface area contributed by atoms with Crippen LogP contribution in [-0.4, -0.2) is 37.4 Å². The Morgan fingerprint density at radius 3 is 2.06 bits per heavy atom. The lowest BCUT2D eigenvalue weighted by molar-refractivity contribution is 0.0528. The van der Waals surface area contributed by atoms with E-state index in [2.05, 4.69) is 16.0 Å². The van der Waals surface area contributed by atoms with Crippen molar-refractivity contribution in [3.05, 3.63) is 0 Å². The van der Waals surface area contributed by atoms with Crippen LogP contribution in [0, 0.1) is 0 Å². The number of carbonyl (C=O) groups is 2. The van der Waals surface area contributed by atoms with Gasteiger partial charge < -0.3 is 20.7 Å². The van der Waals surface area contributed by atoms with E-state index in [1.54, 1.807) is 20.8 Å². The summed E-state index contributed by atoms with van der Waals surface area (Å²) in [6, 6.07) is -0.224. The SMILES string of the molecule is CCCNC(=O)NCCNC(=O)OC(C)(C)C. The topological polar surface area (TPSA) is 79.5 Å². The third kappa shape index (κ3) is 10.8. The maximum Gasteiger partial charge on any atom is 0.407 e. The van der Waals surface area contributed by atoms with Gasteiger partial charge in [0.25, 0.3) is 0 Å². The highest BCUT2D eigenvalue weighted by molar-refractivity contribution is 5.73. The second-order valence-electron chi connectivity index (χ2n) is 4.61. The summed E-state index contributed by atoms with van der Waals surface area (Å²) >= 11 is 0. The van der Waals surface area contributed by atoms with Crippen LogP contribution in [0.15, 0.2) is 0 Å². The average Bonchev–Trinajstić information content (AvgIpc) is 2.19. The summed E-state index contributed by atoms with van der Waals surface area (Å²) in [5.41, 5.74) is -0.504. The van der Waals surface area contributed by atoms with Gasteiger partial charge in [-0.3, -0.25) is 0 Å². The maximum absolute atomic E-state index is 11.2. The molecule has 0 aliphatic carbocycles. The van der Waals surface area contributed by atoms with Crippen molar-refractivity contribution in [1.82, 2.24) is 16.0 Å². The first-order valence-corrected chi connectivity index (χ1v) is 5.83. The third-order valence-corrected chi connectivity index (χ3v) is 1.61. The number of rotatable bonds is 5. The summed E-state index contributed by atoms with van der Waals surface area (Å²) in [5.74, 6) is 0. The quantitative estimate of drug-likeness (QED) is 0.637. The minimum absolute atomic E-state index is 0.224. The van der Waals surface area contributed by atoms with E-state index in [1.165, 1.54) is 0 Å². The molecule has 0 aromatic heterocycles. The first-order chi connectivity index (χ1) is 7.85. The lowest BCUT2D eigenvalue weighted by Gasteiger charge is -2.19. The second-order valence-corrected chi connectivity index (χ2v) is 4.61. The van der Waals surface area contributed by atoms with Gasteiger partial charge in [-0.15, -0.1) is 0 Å². The van der Waals surface area contributed by atoms with Crippen molar-refractivity contribution in [3.8, 4) is 0 Å². The van der Waals surface area contributed by atoms with Crippen LogP contribution in [0.1, 0.15) is 34.1 Å². The van der Waals surface area contributed by atoms with Gasteiger partial charge in [-0.2, -0.15) is 0 Å². The standard InChI is InChI=1S/C11H23N3O3/c1-5-6-12-9(15)13-7-8-14-10(16)17-11(2,3)4/h5-8H2,1-4H3,(H,14,16)(H2,12,13,15). The Kier molecular flexibility index (Phi) is 7.09.